The van der Waals surface area contributed by atoms with Gasteiger partial charge in [0.25, 0.3) is 0 Å². The molecule has 1 saturated heterocycles. The maximum atomic E-state index is 5.20. The molecule has 3 nitrogen and oxygen atoms in total. The standard InChI is InChI=1S/C12H18N2O/c1-8(10-6-15-7-10)12-9(2)14-5-4-11(12)13-3/h9-10,14H,1,3-7H2,2H3. The van der Waals surface area contributed by atoms with E-state index in [9.17, 15) is 0 Å². The van der Waals surface area contributed by atoms with Crippen LogP contribution < -0.4 is 5.32 Å². The predicted molar refractivity (Wildman–Crippen MR) is 62.1 cm³/mol. The minimum Gasteiger partial charge on any atom is -0.380 e. The summed E-state index contributed by atoms with van der Waals surface area (Å²) in [6, 6.07) is 0.340. The number of aliphatic imine (C=N–C) groups is 1. The first kappa shape index (κ1) is 10.6. The van der Waals surface area contributed by atoms with Crippen molar-refractivity contribution in [3.8, 4) is 0 Å². The highest BCUT2D eigenvalue weighted by Crippen LogP contribution is 2.31. The molecule has 0 amide bonds. The Morgan fingerprint density at radius 1 is 1.53 bits per heavy atom. The molecule has 1 unspecified atom stereocenters. The van der Waals surface area contributed by atoms with E-state index in [0.717, 1.165) is 31.9 Å². The van der Waals surface area contributed by atoms with E-state index in [0.29, 0.717) is 12.0 Å². The second-order valence-electron chi connectivity index (χ2n) is 4.20. The van der Waals surface area contributed by atoms with Crippen molar-refractivity contribution in [3.05, 3.63) is 23.4 Å². The van der Waals surface area contributed by atoms with Crippen LogP contribution in [0.2, 0.25) is 0 Å². The quantitative estimate of drug-likeness (QED) is 0.710. The molecule has 0 spiro atoms. The highest BCUT2D eigenvalue weighted by molar-refractivity contribution is 5.43. The average molecular weight is 206 g/mol. The molecule has 1 N–H and O–H groups in total. The lowest BCUT2D eigenvalue weighted by Gasteiger charge is -2.34. The summed E-state index contributed by atoms with van der Waals surface area (Å²) in [4.78, 5) is 4.13. The summed E-state index contributed by atoms with van der Waals surface area (Å²) in [7, 11) is 0. The molecule has 0 aliphatic carbocycles. The van der Waals surface area contributed by atoms with E-state index in [1.165, 1.54) is 11.1 Å². The van der Waals surface area contributed by atoms with Crippen LogP contribution in [-0.4, -0.2) is 32.5 Å². The second kappa shape index (κ2) is 4.29. The highest BCUT2D eigenvalue weighted by atomic mass is 16.5. The third kappa shape index (κ3) is 1.90. The Morgan fingerprint density at radius 3 is 2.80 bits per heavy atom. The first-order valence-electron chi connectivity index (χ1n) is 5.44. The van der Waals surface area contributed by atoms with Gasteiger partial charge in [-0.3, -0.25) is 4.99 Å². The molecule has 82 valence electrons. The molecule has 2 aliphatic heterocycles. The Labute approximate surface area is 90.9 Å². The zero-order valence-electron chi connectivity index (χ0n) is 9.25. The summed E-state index contributed by atoms with van der Waals surface area (Å²) in [5.74, 6) is 0.485. The summed E-state index contributed by atoms with van der Waals surface area (Å²) in [6.07, 6.45) is 0.954. The molecule has 0 radical (unpaired) electrons. The summed E-state index contributed by atoms with van der Waals surface area (Å²) in [5.41, 5.74) is 3.55. The summed E-state index contributed by atoms with van der Waals surface area (Å²) >= 11 is 0. The van der Waals surface area contributed by atoms with Crippen molar-refractivity contribution < 1.29 is 4.74 Å². The zero-order chi connectivity index (χ0) is 10.8. The third-order valence-corrected chi connectivity index (χ3v) is 3.22. The molecule has 0 aromatic rings. The Hall–Kier alpha value is -0.930. The van der Waals surface area contributed by atoms with Crippen LogP contribution in [-0.2, 0) is 4.74 Å². The van der Waals surface area contributed by atoms with Gasteiger partial charge in [0.05, 0.1) is 13.2 Å². The van der Waals surface area contributed by atoms with Crippen LogP contribution in [0.5, 0.6) is 0 Å². The lowest BCUT2D eigenvalue weighted by atomic mass is 9.85. The molecule has 2 rings (SSSR count). The normalized spacial score (nSPS) is 27.4. The van der Waals surface area contributed by atoms with Crippen LogP contribution in [0.1, 0.15) is 13.3 Å². The van der Waals surface area contributed by atoms with Crippen LogP contribution in [0, 0.1) is 5.92 Å². The van der Waals surface area contributed by atoms with E-state index >= 15 is 0 Å². The van der Waals surface area contributed by atoms with Crippen LogP contribution in [0.4, 0.5) is 0 Å². The molecule has 1 atom stereocenters. The van der Waals surface area contributed by atoms with Crippen molar-refractivity contribution in [2.75, 3.05) is 19.8 Å². The fourth-order valence-electron chi connectivity index (χ4n) is 2.18. The van der Waals surface area contributed by atoms with E-state index in [2.05, 4.69) is 30.5 Å². The summed E-state index contributed by atoms with van der Waals surface area (Å²) in [6.45, 7) is 12.6. The van der Waals surface area contributed by atoms with Gasteiger partial charge in [-0.1, -0.05) is 6.58 Å². The summed E-state index contributed by atoms with van der Waals surface area (Å²) in [5, 5.41) is 3.43. The maximum Gasteiger partial charge on any atom is 0.0557 e. The molecule has 15 heavy (non-hydrogen) atoms. The van der Waals surface area contributed by atoms with Gasteiger partial charge in [0, 0.05) is 30.6 Å². The SMILES string of the molecule is C=NC1=C(C(=C)C2COC2)C(C)NCC1. The Bertz CT molecular complexity index is 316. The van der Waals surface area contributed by atoms with E-state index in [-0.39, 0.29) is 0 Å². The van der Waals surface area contributed by atoms with Crippen molar-refractivity contribution in [3.63, 3.8) is 0 Å². The molecule has 2 aliphatic rings. The van der Waals surface area contributed by atoms with Crippen LogP contribution >= 0.6 is 0 Å². The lowest BCUT2D eigenvalue weighted by Crippen LogP contribution is -2.38. The molecule has 0 bridgehead atoms. The van der Waals surface area contributed by atoms with Gasteiger partial charge in [0.2, 0.25) is 0 Å². The fourth-order valence-corrected chi connectivity index (χ4v) is 2.18. The number of hydrogen-bond donors (Lipinski definition) is 1. The molecule has 0 saturated carbocycles. The zero-order valence-corrected chi connectivity index (χ0v) is 9.25. The topological polar surface area (TPSA) is 33.6 Å². The molecule has 2 heterocycles. The van der Waals surface area contributed by atoms with Crippen molar-refractivity contribution >= 4 is 6.72 Å². The first-order valence-corrected chi connectivity index (χ1v) is 5.44. The van der Waals surface area contributed by atoms with Crippen LogP contribution in [0.3, 0.4) is 0 Å². The molecule has 1 fully saturated rings. The number of nitrogens with zero attached hydrogens (tertiary/aromatic N) is 1. The summed E-state index contributed by atoms with van der Waals surface area (Å²) < 4.78 is 5.20. The molecular weight excluding hydrogens is 188 g/mol. The first-order chi connectivity index (χ1) is 7.24. The van der Waals surface area contributed by atoms with Gasteiger partial charge < -0.3 is 10.1 Å². The van der Waals surface area contributed by atoms with Gasteiger partial charge in [0.15, 0.2) is 0 Å². The Kier molecular flexibility index (Phi) is 3.03. The number of nitrogens with one attached hydrogen (secondary N) is 1. The monoisotopic (exact) mass is 206 g/mol. The van der Waals surface area contributed by atoms with E-state index in [4.69, 9.17) is 4.74 Å². The van der Waals surface area contributed by atoms with E-state index in [1.54, 1.807) is 0 Å². The Balaban J connectivity index is 2.24. The Morgan fingerprint density at radius 2 is 2.27 bits per heavy atom. The van der Waals surface area contributed by atoms with Gasteiger partial charge >= 0.3 is 0 Å². The van der Waals surface area contributed by atoms with Gasteiger partial charge in [0.1, 0.15) is 0 Å². The third-order valence-electron chi connectivity index (χ3n) is 3.22. The largest absolute Gasteiger partial charge is 0.380 e. The molecule has 0 aromatic heterocycles. The molecular formula is C12H18N2O. The highest BCUT2D eigenvalue weighted by Gasteiger charge is 2.29. The lowest BCUT2D eigenvalue weighted by molar-refractivity contribution is -0.0125. The van der Waals surface area contributed by atoms with Gasteiger partial charge in [-0.2, -0.15) is 0 Å². The van der Waals surface area contributed by atoms with Crippen molar-refractivity contribution in [1.29, 1.82) is 0 Å². The van der Waals surface area contributed by atoms with Crippen molar-refractivity contribution in [2.45, 2.75) is 19.4 Å². The smallest absolute Gasteiger partial charge is 0.0557 e. The van der Waals surface area contributed by atoms with Crippen molar-refractivity contribution in [1.82, 2.24) is 5.32 Å². The van der Waals surface area contributed by atoms with Crippen LogP contribution in [0.25, 0.3) is 0 Å². The number of rotatable bonds is 3. The average Bonchev–Trinajstić information content (AvgIpc) is 2.14. The van der Waals surface area contributed by atoms with E-state index in [1.807, 2.05) is 0 Å². The van der Waals surface area contributed by atoms with E-state index < -0.39 is 0 Å². The number of ether oxygens (including phenoxy) is 1. The minimum absolute atomic E-state index is 0.340. The molecule has 0 aromatic carbocycles. The predicted octanol–water partition coefficient (Wildman–Crippen LogP) is 1.53. The van der Waals surface area contributed by atoms with Gasteiger partial charge in [-0.05, 0) is 24.8 Å². The van der Waals surface area contributed by atoms with Crippen molar-refractivity contribution in [2.24, 2.45) is 10.9 Å². The minimum atomic E-state index is 0.340. The number of hydrogen-bond acceptors (Lipinski definition) is 3. The molecule has 3 heteroatoms. The fraction of sp³-hybridized carbons (Fsp3) is 0.583. The van der Waals surface area contributed by atoms with Gasteiger partial charge in [-0.15, -0.1) is 0 Å². The van der Waals surface area contributed by atoms with Gasteiger partial charge in [-0.25, -0.2) is 0 Å². The van der Waals surface area contributed by atoms with Crippen LogP contribution in [0.15, 0.2) is 28.4 Å². The second-order valence-corrected chi connectivity index (χ2v) is 4.20. The maximum absolute atomic E-state index is 5.20.